The largest absolute Gasteiger partial charge is 0.460 e. The first kappa shape index (κ1) is 34.3. The van der Waals surface area contributed by atoms with Crippen LogP contribution in [0.1, 0.15) is 32.1 Å². The maximum atomic E-state index is 14.1. The van der Waals surface area contributed by atoms with Gasteiger partial charge in [0.2, 0.25) is 0 Å². The Morgan fingerprint density at radius 2 is 1.69 bits per heavy atom. The van der Waals surface area contributed by atoms with Crippen molar-refractivity contribution >= 4 is 22.3 Å². The topological polar surface area (TPSA) is 143 Å². The molecular formula is C20H29F9N6O3S. The number of aliphatic imine (C=N–C) groups is 1. The zero-order valence-electron chi connectivity index (χ0n) is 20.4. The van der Waals surface area contributed by atoms with Gasteiger partial charge in [-0.2, -0.15) is 39.5 Å². The molecule has 0 saturated carbocycles. The fraction of sp³-hybridized carbons (Fsp3) is 0.700. The SMILES string of the molecule is C=C(CN1CCCCC(NS(=O)(=O)C(F)(F)C(F)(F)C(F)(F)C(F)(F)F)C1=C)NC(C=O)CCCN=C(N)N. The summed E-state index contributed by atoms with van der Waals surface area (Å²) in [5, 5.41) is -4.09. The van der Waals surface area contributed by atoms with Gasteiger partial charge in [-0.3, -0.25) is 4.99 Å². The van der Waals surface area contributed by atoms with Crippen LogP contribution in [-0.4, -0.2) is 80.6 Å². The van der Waals surface area contributed by atoms with Crippen LogP contribution >= 0.6 is 0 Å². The number of likely N-dealkylation sites (tertiary alicyclic amines) is 1. The average Bonchev–Trinajstić information content (AvgIpc) is 2.95. The molecule has 9 nitrogen and oxygen atoms in total. The van der Waals surface area contributed by atoms with E-state index >= 15 is 0 Å². The van der Waals surface area contributed by atoms with Gasteiger partial charge in [0.15, 0.2) is 5.96 Å². The van der Waals surface area contributed by atoms with Crippen LogP contribution in [0.25, 0.3) is 0 Å². The van der Waals surface area contributed by atoms with E-state index in [2.05, 4.69) is 23.5 Å². The molecule has 0 aromatic rings. The van der Waals surface area contributed by atoms with Crippen LogP contribution in [0.15, 0.2) is 29.5 Å². The van der Waals surface area contributed by atoms with Crippen molar-refractivity contribution in [1.82, 2.24) is 14.9 Å². The van der Waals surface area contributed by atoms with Crippen molar-refractivity contribution in [2.75, 3.05) is 19.6 Å². The molecule has 0 radical (unpaired) electrons. The van der Waals surface area contributed by atoms with Crippen LogP contribution in [0, 0.1) is 0 Å². The molecule has 6 N–H and O–H groups in total. The van der Waals surface area contributed by atoms with Crippen LogP contribution in [-0.2, 0) is 14.8 Å². The monoisotopic (exact) mass is 604 g/mol. The number of nitrogens with one attached hydrogen (secondary N) is 2. The molecule has 1 saturated heterocycles. The fourth-order valence-electron chi connectivity index (χ4n) is 3.51. The van der Waals surface area contributed by atoms with Gasteiger partial charge >= 0.3 is 23.3 Å². The summed E-state index contributed by atoms with van der Waals surface area (Å²) in [7, 11) is -6.82. The standard InChI is InChI=1S/C20H29F9N6O3S/c1-12(33-14(11-36)6-5-8-32-16(30)31)10-35-9-4-3-7-15(13(35)2)34-39(37,38)20(28,29)18(23,24)17(21,22)19(25,26)27/h11,14-15,33-34H,1-10H2,(H4,30,31,32). The number of nitrogens with two attached hydrogens (primary N) is 2. The second-order valence-corrected chi connectivity index (χ2v) is 10.4. The summed E-state index contributed by atoms with van der Waals surface area (Å²) < 4.78 is 145. The minimum Gasteiger partial charge on any atom is -0.378 e. The van der Waals surface area contributed by atoms with Crippen LogP contribution in [0.4, 0.5) is 39.5 Å². The molecule has 39 heavy (non-hydrogen) atoms. The number of rotatable bonds is 14. The summed E-state index contributed by atoms with van der Waals surface area (Å²) in [5.74, 6) is -14.9. The highest BCUT2D eigenvalue weighted by Gasteiger charge is 2.85. The third-order valence-corrected chi connectivity index (χ3v) is 7.16. The zero-order valence-corrected chi connectivity index (χ0v) is 21.2. The number of nitrogens with zero attached hydrogens (tertiary/aromatic N) is 2. The summed E-state index contributed by atoms with van der Waals surface area (Å²) in [6.07, 6.45) is -5.83. The molecule has 0 aliphatic carbocycles. The normalized spacial score (nSPS) is 18.7. The van der Waals surface area contributed by atoms with Crippen molar-refractivity contribution in [3.63, 3.8) is 0 Å². The summed E-state index contributed by atoms with van der Waals surface area (Å²) >= 11 is 0. The predicted octanol–water partition coefficient (Wildman–Crippen LogP) is 2.42. The van der Waals surface area contributed by atoms with Crippen molar-refractivity contribution in [3.05, 3.63) is 24.6 Å². The van der Waals surface area contributed by atoms with E-state index in [-0.39, 0.29) is 56.3 Å². The molecule has 19 heteroatoms. The lowest BCUT2D eigenvalue weighted by Gasteiger charge is -2.35. The van der Waals surface area contributed by atoms with Crippen molar-refractivity contribution < 1.29 is 52.7 Å². The Hall–Kier alpha value is -2.70. The molecule has 2 atom stereocenters. The number of halogens is 9. The smallest absolute Gasteiger partial charge is 0.378 e. The van der Waals surface area contributed by atoms with Crippen LogP contribution in [0.2, 0.25) is 0 Å². The summed E-state index contributed by atoms with van der Waals surface area (Å²) in [4.78, 5) is 16.4. The third kappa shape index (κ3) is 7.92. The summed E-state index contributed by atoms with van der Waals surface area (Å²) in [6, 6.07) is -2.51. The summed E-state index contributed by atoms with van der Waals surface area (Å²) in [5.41, 5.74) is 10.3. The lowest BCUT2D eigenvalue weighted by Crippen LogP contribution is -2.65. The number of hydrogen-bond acceptors (Lipinski definition) is 6. The molecule has 0 bridgehead atoms. The number of hydrogen-bond donors (Lipinski definition) is 4. The van der Waals surface area contributed by atoms with E-state index in [4.69, 9.17) is 11.5 Å². The maximum Gasteiger partial charge on any atom is 0.460 e. The molecule has 1 aliphatic heterocycles. The Morgan fingerprint density at radius 3 is 2.21 bits per heavy atom. The second-order valence-electron chi connectivity index (χ2n) is 8.69. The predicted molar refractivity (Wildman–Crippen MR) is 123 cm³/mol. The molecule has 1 aliphatic rings. The van der Waals surface area contributed by atoms with Crippen molar-refractivity contribution in [3.8, 4) is 0 Å². The first-order valence-corrected chi connectivity index (χ1v) is 12.7. The Bertz CT molecular complexity index is 1030. The highest BCUT2D eigenvalue weighted by molar-refractivity contribution is 7.90. The van der Waals surface area contributed by atoms with Gasteiger partial charge < -0.3 is 26.5 Å². The van der Waals surface area contributed by atoms with Gasteiger partial charge in [0.05, 0.1) is 18.6 Å². The molecular weight excluding hydrogens is 575 g/mol. The van der Waals surface area contributed by atoms with E-state index in [0.29, 0.717) is 19.1 Å². The van der Waals surface area contributed by atoms with Gasteiger partial charge in [0, 0.05) is 24.5 Å². The van der Waals surface area contributed by atoms with E-state index in [1.165, 1.54) is 4.90 Å². The molecule has 2 unspecified atom stereocenters. The number of alkyl halides is 9. The molecule has 0 aromatic heterocycles. The van der Waals surface area contributed by atoms with E-state index in [1.54, 1.807) is 0 Å². The fourth-order valence-corrected chi connectivity index (χ4v) is 4.75. The first-order valence-electron chi connectivity index (χ1n) is 11.2. The van der Waals surface area contributed by atoms with Crippen LogP contribution < -0.4 is 21.5 Å². The highest BCUT2D eigenvalue weighted by Crippen LogP contribution is 2.54. The molecule has 0 amide bonds. The summed E-state index contributed by atoms with van der Waals surface area (Å²) in [6.45, 7) is 7.44. The number of carbonyl (C=O) groups excluding carboxylic acids is 1. The lowest BCUT2D eigenvalue weighted by atomic mass is 10.1. The minimum absolute atomic E-state index is 0.116. The quantitative estimate of drug-likeness (QED) is 0.0785. The number of sulfonamides is 1. The number of carbonyl (C=O) groups is 1. The number of guanidine groups is 1. The van der Waals surface area contributed by atoms with E-state index in [0.717, 1.165) is 4.72 Å². The Labute approximate surface area is 218 Å². The maximum absolute atomic E-state index is 14.1. The minimum atomic E-state index is -7.37. The van der Waals surface area contributed by atoms with Crippen molar-refractivity contribution in [1.29, 1.82) is 0 Å². The highest BCUT2D eigenvalue weighted by atomic mass is 32.2. The number of aldehydes is 1. The van der Waals surface area contributed by atoms with Gasteiger partial charge in [0.25, 0.3) is 10.0 Å². The Morgan fingerprint density at radius 1 is 1.10 bits per heavy atom. The molecule has 1 heterocycles. The molecule has 1 rings (SSSR count). The molecule has 0 spiro atoms. The molecule has 1 fully saturated rings. The third-order valence-electron chi connectivity index (χ3n) is 5.63. The van der Waals surface area contributed by atoms with Crippen LogP contribution in [0.3, 0.4) is 0 Å². The second kappa shape index (κ2) is 12.6. The van der Waals surface area contributed by atoms with Gasteiger partial charge in [0.1, 0.15) is 6.29 Å². The molecule has 0 aromatic carbocycles. The molecule has 226 valence electrons. The van der Waals surface area contributed by atoms with Crippen LogP contribution in [0.5, 0.6) is 0 Å². The Kier molecular flexibility index (Phi) is 11.1. The van der Waals surface area contributed by atoms with E-state index < -0.39 is 45.4 Å². The van der Waals surface area contributed by atoms with Gasteiger partial charge in [-0.15, -0.1) is 0 Å². The average molecular weight is 605 g/mol. The lowest BCUT2D eigenvalue weighted by molar-refractivity contribution is -0.382. The van der Waals surface area contributed by atoms with E-state index in [9.17, 15) is 52.7 Å². The van der Waals surface area contributed by atoms with Crippen molar-refractivity contribution in [2.45, 2.75) is 67.5 Å². The zero-order chi connectivity index (χ0) is 30.4. The van der Waals surface area contributed by atoms with E-state index in [1.807, 2.05) is 0 Å². The van der Waals surface area contributed by atoms with Gasteiger partial charge in [-0.05, 0) is 32.1 Å². The van der Waals surface area contributed by atoms with Crippen molar-refractivity contribution in [2.24, 2.45) is 16.5 Å². The first-order chi connectivity index (χ1) is 17.6. The van der Waals surface area contributed by atoms with Gasteiger partial charge in [-0.1, -0.05) is 13.2 Å². The van der Waals surface area contributed by atoms with Gasteiger partial charge in [-0.25, -0.2) is 13.1 Å². The Balaban J connectivity index is 3.02.